The standard InChI is InChI=1S/C22H25F2NO3/c23-16-3-7-20-14(11-16)1-5-18(27-20)9-10-25-13-19(26)22-6-2-15-12-17(24)4-8-21(15)28-22/h3-4,7-8,11-12,18-19,22,25-26H,1-2,5-6,9-10,13H2/t18-,19?,22+/m1/s1. The maximum absolute atomic E-state index is 13.3. The molecule has 150 valence electrons. The van der Waals surface area contributed by atoms with Gasteiger partial charge in [-0.3, -0.25) is 0 Å². The molecule has 0 radical (unpaired) electrons. The first-order valence-corrected chi connectivity index (χ1v) is 9.87. The third-order valence-corrected chi connectivity index (χ3v) is 5.48. The average molecular weight is 389 g/mol. The summed E-state index contributed by atoms with van der Waals surface area (Å²) in [5.74, 6) is 0.931. The van der Waals surface area contributed by atoms with Gasteiger partial charge in [-0.1, -0.05) is 0 Å². The SMILES string of the molecule is OC(CNCC[C@H]1CCc2cc(F)ccc2O1)[C@@H]1CCc2cc(F)ccc2O1. The Balaban J connectivity index is 1.20. The molecule has 6 heteroatoms. The van der Waals surface area contributed by atoms with Gasteiger partial charge in [0.15, 0.2) is 0 Å². The van der Waals surface area contributed by atoms with Crippen LogP contribution in [0.5, 0.6) is 11.5 Å². The van der Waals surface area contributed by atoms with Gasteiger partial charge in [-0.05, 0) is 86.2 Å². The van der Waals surface area contributed by atoms with Crippen LogP contribution in [0.3, 0.4) is 0 Å². The molecule has 2 N–H and O–H groups in total. The van der Waals surface area contributed by atoms with Gasteiger partial charge < -0.3 is 19.9 Å². The van der Waals surface area contributed by atoms with Crippen molar-refractivity contribution in [3.05, 3.63) is 59.2 Å². The third kappa shape index (κ3) is 4.45. The van der Waals surface area contributed by atoms with Gasteiger partial charge >= 0.3 is 0 Å². The molecule has 28 heavy (non-hydrogen) atoms. The lowest BCUT2D eigenvalue weighted by Gasteiger charge is -2.30. The van der Waals surface area contributed by atoms with E-state index in [9.17, 15) is 13.9 Å². The number of hydrogen-bond acceptors (Lipinski definition) is 4. The summed E-state index contributed by atoms with van der Waals surface area (Å²) in [4.78, 5) is 0. The summed E-state index contributed by atoms with van der Waals surface area (Å²) >= 11 is 0. The Hall–Kier alpha value is -2.18. The van der Waals surface area contributed by atoms with Crippen LogP contribution in [0.4, 0.5) is 8.78 Å². The van der Waals surface area contributed by atoms with E-state index in [4.69, 9.17) is 9.47 Å². The number of aliphatic hydroxyl groups excluding tert-OH is 1. The number of hydrogen-bond donors (Lipinski definition) is 2. The highest BCUT2D eigenvalue weighted by atomic mass is 19.1. The van der Waals surface area contributed by atoms with Gasteiger partial charge in [-0.25, -0.2) is 8.78 Å². The van der Waals surface area contributed by atoms with Crippen molar-refractivity contribution in [2.45, 2.75) is 50.4 Å². The molecular formula is C22H25F2NO3. The highest BCUT2D eigenvalue weighted by Crippen LogP contribution is 2.30. The molecule has 0 aliphatic carbocycles. The summed E-state index contributed by atoms with van der Waals surface area (Å²) in [5, 5.41) is 13.7. The molecular weight excluding hydrogens is 364 g/mol. The van der Waals surface area contributed by atoms with Crippen molar-refractivity contribution in [2.24, 2.45) is 0 Å². The van der Waals surface area contributed by atoms with Crippen LogP contribution in [0.25, 0.3) is 0 Å². The van der Waals surface area contributed by atoms with Crippen LogP contribution >= 0.6 is 0 Å². The second-order valence-corrected chi connectivity index (χ2v) is 7.54. The lowest BCUT2D eigenvalue weighted by molar-refractivity contribution is 0.0240. The molecule has 2 aliphatic heterocycles. The van der Waals surface area contributed by atoms with Crippen LogP contribution in [0.2, 0.25) is 0 Å². The summed E-state index contributed by atoms with van der Waals surface area (Å²) in [6, 6.07) is 9.15. The second-order valence-electron chi connectivity index (χ2n) is 7.54. The minimum absolute atomic E-state index is 0.0929. The molecule has 4 rings (SSSR count). The van der Waals surface area contributed by atoms with Crippen LogP contribution in [-0.4, -0.2) is 36.5 Å². The highest BCUT2D eigenvalue weighted by Gasteiger charge is 2.26. The molecule has 2 aromatic carbocycles. The van der Waals surface area contributed by atoms with E-state index >= 15 is 0 Å². The first kappa shape index (κ1) is 19.2. The van der Waals surface area contributed by atoms with E-state index in [1.165, 1.54) is 24.3 Å². The summed E-state index contributed by atoms with van der Waals surface area (Å²) in [7, 11) is 0. The lowest BCUT2D eigenvalue weighted by atomic mass is 9.98. The smallest absolute Gasteiger partial charge is 0.126 e. The Morgan fingerprint density at radius 1 is 0.964 bits per heavy atom. The zero-order valence-corrected chi connectivity index (χ0v) is 15.7. The fourth-order valence-corrected chi connectivity index (χ4v) is 3.91. The van der Waals surface area contributed by atoms with Gasteiger partial charge in [-0.15, -0.1) is 0 Å². The van der Waals surface area contributed by atoms with Crippen molar-refractivity contribution in [1.29, 1.82) is 0 Å². The minimum Gasteiger partial charge on any atom is -0.490 e. The van der Waals surface area contributed by atoms with E-state index in [1.807, 2.05) is 0 Å². The minimum atomic E-state index is -0.630. The lowest BCUT2D eigenvalue weighted by Crippen LogP contribution is -2.42. The quantitative estimate of drug-likeness (QED) is 0.744. The maximum atomic E-state index is 13.3. The number of benzene rings is 2. The Morgan fingerprint density at radius 3 is 2.32 bits per heavy atom. The Kier molecular flexibility index (Phi) is 5.78. The summed E-state index contributed by atoms with van der Waals surface area (Å²) in [6.07, 6.45) is 3.03. The van der Waals surface area contributed by atoms with Gasteiger partial charge in [0.2, 0.25) is 0 Å². The number of ether oxygens (including phenoxy) is 2. The van der Waals surface area contributed by atoms with Crippen LogP contribution in [0.1, 0.15) is 30.4 Å². The summed E-state index contributed by atoms with van der Waals surface area (Å²) in [5.41, 5.74) is 1.78. The van der Waals surface area contributed by atoms with Gasteiger partial charge in [-0.2, -0.15) is 0 Å². The van der Waals surface area contributed by atoms with Crippen LogP contribution in [-0.2, 0) is 12.8 Å². The molecule has 0 saturated heterocycles. The molecule has 0 amide bonds. The normalized spacial score (nSPS) is 21.8. The monoisotopic (exact) mass is 389 g/mol. The van der Waals surface area contributed by atoms with Crippen molar-refractivity contribution >= 4 is 0 Å². The number of aryl methyl sites for hydroxylation is 2. The van der Waals surface area contributed by atoms with Gasteiger partial charge in [0.25, 0.3) is 0 Å². The molecule has 0 fully saturated rings. The van der Waals surface area contributed by atoms with Crippen LogP contribution in [0, 0.1) is 11.6 Å². The summed E-state index contributed by atoms with van der Waals surface area (Å²) in [6.45, 7) is 1.14. The molecule has 2 aromatic rings. The first-order valence-electron chi connectivity index (χ1n) is 9.87. The number of halogens is 2. The van der Waals surface area contributed by atoms with Gasteiger partial charge in [0.05, 0.1) is 0 Å². The van der Waals surface area contributed by atoms with Crippen LogP contribution in [0.15, 0.2) is 36.4 Å². The molecule has 0 bridgehead atoms. The third-order valence-electron chi connectivity index (χ3n) is 5.48. The molecule has 2 aliphatic rings. The van der Waals surface area contributed by atoms with E-state index < -0.39 is 6.10 Å². The fraction of sp³-hybridized carbons (Fsp3) is 0.455. The van der Waals surface area contributed by atoms with Crippen molar-refractivity contribution in [2.75, 3.05) is 13.1 Å². The molecule has 1 unspecified atom stereocenters. The van der Waals surface area contributed by atoms with Gasteiger partial charge in [0, 0.05) is 6.54 Å². The first-order chi connectivity index (χ1) is 13.6. The number of rotatable bonds is 6. The zero-order valence-electron chi connectivity index (χ0n) is 15.7. The van der Waals surface area contributed by atoms with Crippen molar-refractivity contribution in [1.82, 2.24) is 5.32 Å². The second kappa shape index (κ2) is 8.45. The number of fused-ring (bicyclic) bond motifs is 2. The predicted molar refractivity (Wildman–Crippen MR) is 102 cm³/mol. The van der Waals surface area contributed by atoms with E-state index in [2.05, 4.69) is 5.32 Å². The molecule has 0 aromatic heterocycles. The molecule has 3 atom stereocenters. The molecule has 4 nitrogen and oxygen atoms in total. The predicted octanol–water partition coefficient (Wildman–Crippen LogP) is 3.39. The van der Waals surface area contributed by atoms with Gasteiger partial charge in [0.1, 0.15) is 41.4 Å². The molecule has 2 heterocycles. The Bertz CT molecular complexity index is 829. The Labute approximate surface area is 163 Å². The van der Waals surface area contributed by atoms with E-state index in [-0.39, 0.29) is 23.8 Å². The van der Waals surface area contributed by atoms with E-state index in [0.29, 0.717) is 31.7 Å². The molecule has 0 spiro atoms. The Morgan fingerprint density at radius 2 is 1.61 bits per heavy atom. The number of aliphatic hydroxyl groups is 1. The van der Waals surface area contributed by atoms with E-state index in [0.717, 1.165) is 36.1 Å². The topological polar surface area (TPSA) is 50.7 Å². The average Bonchev–Trinajstić information content (AvgIpc) is 2.70. The van der Waals surface area contributed by atoms with Crippen molar-refractivity contribution in [3.63, 3.8) is 0 Å². The fourth-order valence-electron chi connectivity index (χ4n) is 3.91. The molecule has 0 saturated carbocycles. The van der Waals surface area contributed by atoms with Crippen LogP contribution < -0.4 is 14.8 Å². The number of nitrogens with one attached hydrogen (secondary N) is 1. The van der Waals surface area contributed by atoms with E-state index in [1.54, 1.807) is 12.1 Å². The highest BCUT2D eigenvalue weighted by molar-refractivity contribution is 5.36. The van der Waals surface area contributed by atoms with Crippen molar-refractivity contribution < 1.29 is 23.4 Å². The summed E-state index contributed by atoms with van der Waals surface area (Å²) < 4.78 is 38.3. The largest absolute Gasteiger partial charge is 0.490 e. The van der Waals surface area contributed by atoms with Crippen molar-refractivity contribution in [3.8, 4) is 11.5 Å². The zero-order chi connectivity index (χ0) is 19.5. The maximum Gasteiger partial charge on any atom is 0.126 e.